The predicted octanol–water partition coefficient (Wildman–Crippen LogP) is 15.4. The van der Waals surface area contributed by atoms with Crippen molar-refractivity contribution >= 4 is 43.6 Å². The Bertz CT molecular complexity index is 4180. The van der Waals surface area contributed by atoms with E-state index < -0.39 is 5.41 Å². The van der Waals surface area contributed by atoms with Gasteiger partial charge in [0, 0.05) is 38.4 Å². The van der Waals surface area contributed by atoms with Crippen LogP contribution in [0.5, 0.6) is 0 Å². The average molecular weight is 878 g/mol. The van der Waals surface area contributed by atoms with Crippen LogP contribution in [0.25, 0.3) is 111 Å². The minimum absolute atomic E-state index is 0.502. The largest absolute Gasteiger partial charge is 0.307 e. The van der Waals surface area contributed by atoms with Gasteiger partial charge in [0.05, 0.1) is 27.5 Å². The highest BCUT2D eigenvalue weighted by molar-refractivity contribution is 6.23. The van der Waals surface area contributed by atoms with Gasteiger partial charge in [-0.3, -0.25) is 4.57 Å². The van der Waals surface area contributed by atoms with Crippen LogP contribution in [0.15, 0.2) is 237 Å². The molecule has 10 aromatic carbocycles. The molecule has 15 rings (SSSR count). The summed E-state index contributed by atoms with van der Waals surface area (Å²) in [6.07, 6.45) is 0. The van der Waals surface area contributed by atoms with Crippen molar-refractivity contribution in [1.29, 1.82) is 0 Å². The molecule has 69 heavy (non-hydrogen) atoms. The second-order valence-corrected chi connectivity index (χ2v) is 18.3. The number of rotatable bonds is 5. The Labute approximate surface area is 397 Å². The van der Waals surface area contributed by atoms with E-state index in [1.807, 2.05) is 6.07 Å². The van der Waals surface area contributed by atoms with Crippen LogP contribution in [0.4, 0.5) is 0 Å². The zero-order valence-electron chi connectivity index (χ0n) is 37.3. The highest BCUT2D eigenvalue weighted by Crippen LogP contribution is 2.63. The van der Waals surface area contributed by atoms with Gasteiger partial charge in [0.15, 0.2) is 11.6 Å². The van der Waals surface area contributed by atoms with Crippen LogP contribution in [0.1, 0.15) is 22.3 Å². The first kappa shape index (κ1) is 38.0. The van der Waals surface area contributed by atoms with Gasteiger partial charge in [-0.25, -0.2) is 4.98 Å². The van der Waals surface area contributed by atoms with Crippen molar-refractivity contribution in [2.75, 3.05) is 0 Å². The smallest absolute Gasteiger partial charge is 0.238 e. The topological polar surface area (TPSA) is 48.5 Å². The molecular formula is C64H39N5. The quantitative estimate of drug-likeness (QED) is 0.173. The van der Waals surface area contributed by atoms with Gasteiger partial charge in [-0.2, -0.15) is 9.97 Å². The Morgan fingerprint density at radius 1 is 0.290 bits per heavy atom. The first-order valence-electron chi connectivity index (χ1n) is 23.6. The predicted molar refractivity (Wildman–Crippen MR) is 281 cm³/mol. The van der Waals surface area contributed by atoms with Crippen molar-refractivity contribution in [1.82, 2.24) is 24.1 Å². The molecule has 0 aliphatic heterocycles. The van der Waals surface area contributed by atoms with Gasteiger partial charge in [-0.1, -0.05) is 206 Å². The molecule has 0 N–H and O–H groups in total. The standard InChI is InChI=1S/C64H39N5/c1-3-17-40(18-4-1)41-31-34-44(35-32-41)68-57-29-15-10-24-49(57)51-37-38-52-50-25-11-16-30-58(50)69(60(52)59(51)68)63-66-61(42-19-5-2-6-20-42)65-62(67-63)43-33-36-48-47-23-9-14-28-55(47)64(56(48)39-43)53-26-12-7-21-45(53)46-22-8-13-27-54(46)64/h1-39H. The van der Waals surface area contributed by atoms with Crippen LogP contribution < -0.4 is 0 Å². The second kappa shape index (κ2) is 14.4. The van der Waals surface area contributed by atoms with E-state index >= 15 is 0 Å². The van der Waals surface area contributed by atoms with Gasteiger partial charge in [-0.15, -0.1) is 0 Å². The Kier molecular flexibility index (Phi) is 7.93. The molecular weight excluding hydrogens is 839 g/mol. The van der Waals surface area contributed by atoms with E-state index in [2.05, 4.69) is 240 Å². The van der Waals surface area contributed by atoms with E-state index in [0.29, 0.717) is 17.6 Å². The lowest BCUT2D eigenvalue weighted by atomic mass is 9.70. The maximum absolute atomic E-state index is 5.59. The first-order valence-corrected chi connectivity index (χ1v) is 23.6. The molecule has 2 aliphatic carbocycles. The fourth-order valence-corrected chi connectivity index (χ4v) is 12.0. The summed E-state index contributed by atoms with van der Waals surface area (Å²) < 4.78 is 4.71. The molecule has 0 saturated carbocycles. The molecule has 0 atom stereocenters. The average Bonchev–Trinajstić information content (AvgIpc) is 4.13. The Morgan fingerprint density at radius 2 is 0.725 bits per heavy atom. The summed E-state index contributed by atoms with van der Waals surface area (Å²) in [5.41, 5.74) is 19.3. The molecule has 0 bridgehead atoms. The third-order valence-electron chi connectivity index (χ3n) is 14.8. The van der Waals surface area contributed by atoms with Crippen molar-refractivity contribution in [2.24, 2.45) is 0 Å². The molecule has 13 aromatic rings. The monoisotopic (exact) mass is 877 g/mol. The Hall–Kier alpha value is -9.19. The number of aromatic nitrogens is 5. The highest BCUT2D eigenvalue weighted by Gasteiger charge is 2.51. The van der Waals surface area contributed by atoms with Crippen molar-refractivity contribution in [3.63, 3.8) is 0 Å². The fourth-order valence-electron chi connectivity index (χ4n) is 12.0. The van der Waals surface area contributed by atoms with Crippen LogP contribution in [0.2, 0.25) is 0 Å². The van der Waals surface area contributed by atoms with Gasteiger partial charge < -0.3 is 4.57 Å². The zero-order valence-corrected chi connectivity index (χ0v) is 37.3. The van der Waals surface area contributed by atoms with E-state index in [4.69, 9.17) is 15.0 Å². The maximum atomic E-state index is 5.59. The zero-order chi connectivity index (χ0) is 45.2. The summed E-state index contributed by atoms with van der Waals surface area (Å²) in [5, 5.41) is 4.60. The fraction of sp³-hybridized carbons (Fsp3) is 0.0156. The summed E-state index contributed by atoms with van der Waals surface area (Å²) in [6.45, 7) is 0. The third-order valence-corrected chi connectivity index (χ3v) is 14.8. The molecule has 5 heteroatoms. The molecule has 2 aliphatic rings. The molecule has 0 saturated heterocycles. The first-order chi connectivity index (χ1) is 34.2. The lowest BCUT2D eigenvalue weighted by Crippen LogP contribution is -2.25. The molecule has 320 valence electrons. The number of benzene rings is 10. The summed E-state index contributed by atoms with van der Waals surface area (Å²) in [5.74, 6) is 1.78. The van der Waals surface area contributed by atoms with Gasteiger partial charge in [-0.05, 0) is 86.0 Å². The number of nitrogens with zero attached hydrogens (tertiary/aromatic N) is 5. The third kappa shape index (κ3) is 5.27. The molecule has 0 unspecified atom stereocenters. The van der Waals surface area contributed by atoms with Gasteiger partial charge in [0.2, 0.25) is 5.95 Å². The molecule has 3 heterocycles. The van der Waals surface area contributed by atoms with Crippen LogP contribution in [-0.4, -0.2) is 24.1 Å². The van der Waals surface area contributed by atoms with Gasteiger partial charge in [0.1, 0.15) is 0 Å². The highest BCUT2D eigenvalue weighted by atomic mass is 15.2. The van der Waals surface area contributed by atoms with E-state index in [1.165, 1.54) is 61.0 Å². The van der Waals surface area contributed by atoms with Crippen molar-refractivity contribution in [3.8, 4) is 67.8 Å². The molecule has 3 aromatic heterocycles. The van der Waals surface area contributed by atoms with Crippen LogP contribution >= 0.6 is 0 Å². The lowest BCUT2D eigenvalue weighted by Gasteiger charge is -2.30. The van der Waals surface area contributed by atoms with Crippen LogP contribution in [-0.2, 0) is 5.41 Å². The van der Waals surface area contributed by atoms with Gasteiger partial charge in [0.25, 0.3) is 0 Å². The number of hydrogen-bond acceptors (Lipinski definition) is 3. The summed E-state index contributed by atoms with van der Waals surface area (Å²) in [4.78, 5) is 16.4. The maximum Gasteiger partial charge on any atom is 0.238 e. The molecule has 0 radical (unpaired) electrons. The van der Waals surface area contributed by atoms with E-state index in [9.17, 15) is 0 Å². The van der Waals surface area contributed by atoms with Crippen molar-refractivity contribution in [2.45, 2.75) is 5.41 Å². The molecule has 5 nitrogen and oxygen atoms in total. The Morgan fingerprint density at radius 3 is 1.32 bits per heavy atom. The van der Waals surface area contributed by atoms with E-state index in [1.54, 1.807) is 0 Å². The number of hydrogen-bond donors (Lipinski definition) is 0. The SMILES string of the molecule is c1ccc(-c2ccc(-n3c4ccccc4c4ccc5c6ccccc6n(-c6nc(-c7ccccc7)nc(-c7ccc8c(c7)C7(c9ccccc9-c9ccccc97)c7ccccc7-8)n6)c5c43)cc2)cc1. The summed E-state index contributed by atoms with van der Waals surface area (Å²) in [6, 6.07) is 85.5. The number of fused-ring (bicyclic) bond motifs is 17. The lowest BCUT2D eigenvalue weighted by molar-refractivity contribution is 0.793. The minimum atomic E-state index is -0.502. The molecule has 0 amide bonds. The summed E-state index contributed by atoms with van der Waals surface area (Å²) in [7, 11) is 0. The second-order valence-electron chi connectivity index (χ2n) is 18.3. The van der Waals surface area contributed by atoms with Crippen LogP contribution in [0.3, 0.4) is 0 Å². The van der Waals surface area contributed by atoms with E-state index in [0.717, 1.165) is 55.0 Å². The number of para-hydroxylation sites is 2. The molecule has 0 fully saturated rings. The Balaban J connectivity index is 1.01. The normalized spacial score (nSPS) is 13.0. The summed E-state index contributed by atoms with van der Waals surface area (Å²) >= 11 is 0. The van der Waals surface area contributed by atoms with E-state index in [-0.39, 0.29) is 0 Å². The van der Waals surface area contributed by atoms with Gasteiger partial charge >= 0.3 is 0 Å². The molecule has 1 spiro atoms. The van der Waals surface area contributed by atoms with Crippen molar-refractivity contribution < 1.29 is 0 Å². The minimum Gasteiger partial charge on any atom is -0.307 e. The van der Waals surface area contributed by atoms with Crippen LogP contribution in [0, 0.1) is 0 Å². The van der Waals surface area contributed by atoms with Crippen molar-refractivity contribution in [3.05, 3.63) is 259 Å².